The van der Waals surface area contributed by atoms with Crippen molar-refractivity contribution >= 4 is 0 Å². The topological polar surface area (TPSA) is 38.5 Å². The van der Waals surface area contributed by atoms with Gasteiger partial charge in [-0.3, -0.25) is 0 Å². The summed E-state index contributed by atoms with van der Waals surface area (Å²) >= 11 is 0. The third-order valence-electron chi connectivity index (χ3n) is 3.38. The van der Waals surface area contributed by atoms with Crippen LogP contribution in [0.2, 0.25) is 0 Å². The molecule has 0 aliphatic rings. The van der Waals surface area contributed by atoms with Gasteiger partial charge in [-0.25, -0.2) is 0 Å². The molecule has 1 aromatic carbocycles. The molecular weight excluding hydrogens is 248 g/mol. The van der Waals surface area contributed by atoms with Gasteiger partial charge in [0.1, 0.15) is 5.75 Å². The van der Waals surface area contributed by atoms with Crippen LogP contribution in [0.25, 0.3) is 0 Å². The molecule has 1 atom stereocenters. The predicted octanol–water partition coefficient (Wildman–Crippen LogP) is 3.45. The maximum atomic E-state index is 6.27. The standard InChI is InChI=1S/C17H30N2O/c1-5-12-20-16-8-6-15(7-9-16)17(18)13-19(4)11-10-14(2)3/h6-9,14,17H,5,10-13,18H2,1-4H3. The molecule has 1 rings (SSSR count). The first kappa shape index (κ1) is 17.0. The van der Waals surface area contributed by atoms with Crippen molar-refractivity contribution in [2.45, 2.75) is 39.7 Å². The number of likely N-dealkylation sites (N-methyl/N-ethyl adjacent to an activating group) is 1. The van der Waals surface area contributed by atoms with Crippen molar-refractivity contribution in [1.82, 2.24) is 4.90 Å². The van der Waals surface area contributed by atoms with Crippen LogP contribution < -0.4 is 10.5 Å². The van der Waals surface area contributed by atoms with Gasteiger partial charge in [0, 0.05) is 12.6 Å². The molecule has 0 aromatic heterocycles. The Kier molecular flexibility index (Phi) is 7.63. The fraction of sp³-hybridized carbons (Fsp3) is 0.647. The van der Waals surface area contributed by atoms with Crippen molar-refractivity contribution < 1.29 is 4.74 Å². The summed E-state index contributed by atoms with van der Waals surface area (Å²) in [5.74, 6) is 1.67. The highest BCUT2D eigenvalue weighted by Gasteiger charge is 2.10. The molecule has 0 amide bonds. The molecule has 3 nitrogen and oxygen atoms in total. The van der Waals surface area contributed by atoms with E-state index in [1.165, 1.54) is 12.0 Å². The van der Waals surface area contributed by atoms with Gasteiger partial charge in [-0.1, -0.05) is 32.9 Å². The summed E-state index contributed by atoms with van der Waals surface area (Å²) in [5, 5.41) is 0. The number of hydrogen-bond acceptors (Lipinski definition) is 3. The summed E-state index contributed by atoms with van der Waals surface area (Å²) in [6.45, 7) is 9.37. The number of nitrogens with zero attached hydrogens (tertiary/aromatic N) is 1. The van der Waals surface area contributed by atoms with Gasteiger partial charge >= 0.3 is 0 Å². The van der Waals surface area contributed by atoms with E-state index in [-0.39, 0.29) is 6.04 Å². The van der Waals surface area contributed by atoms with Crippen molar-refractivity contribution in [2.75, 3.05) is 26.7 Å². The second-order valence-corrected chi connectivity index (χ2v) is 5.97. The van der Waals surface area contributed by atoms with Crippen LogP contribution in [0.3, 0.4) is 0 Å². The summed E-state index contributed by atoms with van der Waals surface area (Å²) in [5.41, 5.74) is 7.44. The fourth-order valence-corrected chi connectivity index (χ4v) is 2.04. The second kappa shape index (κ2) is 8.98. The van der Waals surface area contributed by atoms with E-state index in [9.17, 15) is 0 Å². The summed E-state index contributed by atoms with van der Waals surface area (Å²) in [6.07, 6.45) is 2.24. The Bertz CT molecular complexity index is 362. The summed E-state index contributed by atoms with van der Waals surface area (Å²) in [6, 6.07) is 8.24. The number of benzene rings is 1. The van der Waals surface area contributed by atoms with Gasteiger partial charge < -0.3 is 15.4 Å². The van der Waals surface area contributed by atoms with Crippen LogP contribution >= 0.6 is 0 Å². The fourth-order valence-electron chi connectivity index (χ4n) is 2.04. The highest BCUT2D eigenvalue weighted by Crippen LogP contribution is 2.17. The van der Waals surface area contributed by atoms with Crippen LogP contribution in [-0.2, 0) is 0 Å². The van der Waals surface area contributed by atoms with Crippen molar-refractivity contribution in [2.24, 2.45) is 11.7 Å². The van der Waals surface area contributed by atoms with E-state index >= 15 is 0 Å². The first-order valence-corrected chi connectivity index (χ1v) is 7.69. The van der Waals surface area contributed by atoms with Gasteiger partial charge in [-0.2, -0.15) is 0 Å². The molecule has 1 unspecified atom stereocenters. The lowest BCUT2D eigenvalue weighted by Crippen LogP contribution is -2.30. The molecule has 0 saturated heterocycles. The van der Waals surface area contributed by atoms with Gasteiger partial charge in [0.2, 0.25) is 0 Å². The molecule has 0 radical (unpaired) electrons. The van der Waals surface area contributed by atoms with Crippen molar-refractivity contribution in [3.8, 4) is 5.75 Å². The van der Waals surface area contributed by atoms with E-state index in [4.69, 9.17) is 10.5 Å². The van der Waals surface area contributed by atoms with Crippen molar-refractivity contribution in [1.29, 1.82) is 0 Å². The average Bonchev–Trinajstić information content (AvgIpc) is 2.43. The minimum absolute atomic E-state index is 0.0624. The highest BCUT2D eigenvalue weighted by atomic mass is 16.5. The van der Waals surface area contributed by atoms with E-state index in [0.29, 0.717) is 0 Å². The molecule has 0 spiro atoms. The monoisotopic (exact) mass is 278 g/mol. The highest BCUT2D eigenvalue weighted by molar-refractivity contribution is 5.29. The molecule has 0 saturated carbocycles. The SMILES string of the molecule is CCCOc1ccc(C(N)CN(C)CCC(C)C)cc1. The molecule has 114 valence electrons. The van der Waals surface area contributed by atoms with Crippen molar-refractivity contribution in [3.63, 3.8) is 0 Å². The van der Waals surface area contributed by atoms with E-state index in [1.54, 1.807) is 0 Å². The second-order valence-electron chi connectivity index (χ2n) is 5.97. The molecule has 0 aliphatic carbocycles. The molecule has 0 fully saturated rings. The largest absolute Gasteiger partial charge is 0.494 e. The van der Waals surface area contributed by atoms with E-state index in [1.807, 2.05) is 12.1 Å². The van der Waals surface area contributed by atoms with Crippen molar-refractivity contribution in [3.05, 3.63) is 29.8 Å². The van der Waals surface area contributed by atoms with Crippen LogP contribution in [0.1, 0.15) is 45.2 Å². The van der Waals surface area contributed by atoms with Crippen LogP contribution in [0.15, 0.2) is 24.3 Å². The first-order valence-electron chi connectivity index (χ1n) is 7.69. The smallest absolute Gasteiger partial charge is 0.119 e. The maximum Gasteiger partial charge on any atom is 0.119 e. The van der Waals surface area contributed by atoms with E-state index < -0.39 is 0 Å². The van der Waals surface area contributed by atoms with Gasteiger partial charge in [-0.05, 0) is 50.0 Å². The molecule has 3 heteroatoms. The van der Waals surface area contributed by atoms with Gasteiger partial charge in [0.05, 0.1) is 6.61 Å². The first-order chi connectivity index (χ1) is 9.52. The Morgan fingerprint density at radius 3 is 2.40 bits per heavy atom. The summed E-state index contributed by atoms with van der Waals surface area (Å²) in [4.78, 5) is 2.31. The molecule has 1 aromatic rings. The molecule has 20 heavy (non-hydrogen) atoms. The lowest BCUT2D eigenvalue weighted by atomic mass is 10.1. The van der Waals surface area contributed by atoms with Gasteiger partial charge in [-0.15, -0.1) is 0 Å². The minimum Gasteiger partial charge on any atom is -0.494 e. The predicted molar refractivity (Wildman–Crippen MR) is 86.1 cm³/mol. The van der Waals surface area contributed by atoms with Gasteiger partial charge in [0.25, 0.3) is 0 Å². The number of ether oxygens (including phenoxy) is 1. The third kappa shape index (κ3) is 6.40. The number of rotatable bonds is 9. The van der Waals surface area contributed by atoms with E-state index in [0.717, 1.165) is 37.8 Å². The quantitative estimate of drug-likeness (QED) is 0.752. The molecule has 2 N–H and O–H groups in total. The lowest BCUT2D eigenvalue weighted by Gasteiger charge is -2.22. The zero-order chi connectivity index (χ0) is 15.0. The maximum absolute atomic E-state index is 6.27. The zero-order valence-electron chi connectivity index (χ0n) is 13.4. The molecular formula is C17H30N2O. The summed E-state index contributed by atoms with van der Waals surface area (Å²) in [7, 11) is 2.14. The Morgan fingerprint density at radius 2 is 1.85 bits per heavy atom. The number of nitrogens with two attached hydrogens (primary N) is 1. The Balaban J connectivity index is 2.44. The van der Waals surface area contributed by atoms with Crippen LogP contribution in [0, 0.1) is 5.92 Å². The molecule has 0 aliphatic heterocycles. The zero-order valence-corrected chi connectivity index (χ0v) is 13.4. The van der Waals surface area contributed by atoms with E-state index in [2.05, 4.69) is 44.9 Å². The average molecular weight is 278 g/mol. The van der Waals surface area contributed by atoms with Crippen LogP contribution in [0.4, 0.5) is 0 Å². The third-order valence-corrected chi connectivity index (χ3v) is 3.38. The summed E-state index contributed by atoms with van der Waals surface area (Å²) < 4.78 is 5.58. The molecule has 0 heterocycles. The number of hydrogen-bond donors (Lipinski definition) is 1. The Hall–Kier alpha value is -1.06. The minimum atomic E-state index is 0.0624. The van der Waals surface area contributed by atoms with Crippen LogP contribution in [0.5, 0.6) is 5.75 Å². The Labute approximate surface area is 124 Å². The molecule has 0 bridgehead atoms. The lowest BCUT2D eigenvalue weighted by molar-refractivity contribution is 0.292. The Morgan fingerprint density at radius 1 is 1.20 bits per heavy atom. The normalized spacial score (nSPS) is 12.9. The van der Waals surface area contributed by atoms with Gasteiger partial charge in [0.15, 0.2) is 0 Å². The van der Waals surface area contributed by atoms with Crippen LogP contribution in [-0.4, -0.2) is 31.6 Å².